The second kappa shape index (κ2) is 29.7. The predicted molar refractivity (Wildman–Crippen MR) is 213 cm³/mol. The van der Waals surface area contributed by atoms with Crippen molar-refractivity contribution in [1.82, 2.24) is 4.98 Å². The van der Waals surface area contributed by atoms with Gasteiger partial charge < -0.3 is 37.2 Å². The van der Waals surface area contributed by atoms with Crippen LogP contribution in [0.5, 0.6) is 0 Å². The standard InChI is InChI=1S/C45H67N3.3ClH.V/c1-9-15-22-36-30-38(24-17-11-3)44(39(31-36)25-18-12-4)46-34(7)42-28-21-29-43(48-42)35(8)47-45-40(26-19-13-5)32-37(23-16-10-2)33-41(45)27-20-14-6;;;;/h21,28-33H,9-20,22-27H2,1-8H3;3*1H;/p-3. The van der Waals surface area contributed by atoms with Crippen molar-refractivity contribution in [1.29, 1.82) is 0 Å². The summed E-state index contributed by atoms with van der Waals surface area (Å²) in [6.07, 6.45) is 21.1. The Kier molecular flexibility index (Phi) is 30.0. The van der Waals surface area contributed by atoms with Crippen LogP contribution in [0.2, 0.25) is 0 Å². The molecule has 0 unspecified atom stereocenters. The molecule has 0 spiro atoms. The third kappa shape index (κ3) is 16.8. The molecule has 2 aromatic carbocycles. The number of halogens is 3. The van der Waals surface area contributed by atoms with Crippen molar-refractivity contribution in [2.75, 3.05) is 0 Å². The number of hydrogen-bond donors (Lipinski definition) is 0. The molecule has 0 amide bonds. The first kappa shape index (κ1) is 52.5. The minimum absolute atomic E-state index is 0. The van der Waals surface area contributed by atoms with Gasteiger partial charge in [0.25, 0.3) is 0 Å². The summed E-state index contributed by atoms with van der Waals surface area (Å²) < 4.78 is 0. The van der Waals surface area contributed by atoms with Gasteiger partial charge in [-0.05, 0) is 136 Å². The van der Waals surface area contributed by atoms with Crippen molar-refractivity contribution >= 4 is 22.8 Å². The van der Waals surface area contributed by atoms with Crippen LogP contribution in [-0.2, 0) is 57.1 Å². The fourth-order valence-electron chi connectivity index (χ4n) is 6.52. The average Bonchev–Trinajstić information content (AvgIpc) is 3.10. The maximum Gasteiger partial charge on any atom is 0.0849 e. The van der Waals surface area contributed by atoms with E-state index < -0.39 is 0 Å². The Morgan fingerprint density at radius 2 is 0.731 bits per heavy atom. The molecule has 3 rings (SSSR count). The molecule has 7 heteroatoms. The number of pyridine rings is 1. The molecule has 3 nitrogen and oxygen atoms in total. The molecule has 0 aliphatic rings. The quantitative estimate of drug-likeness (QED) is 0.139. The number of aromatic nitrogens is 1. The predicted octanol–water partition coefficient (Wildman–Crippen LogP) is 4.43. The van der Waals surface area contributed by atoms with E-state index >= 15 is 0 Å². The Morgan fingerprint density at radius 1 is 0.462 bits per heavy atom. The number of unbranched alkanes of at least 4 members (excludes halogenated alkanes) is 6. The summed E-state index contributed by atoms with van der Waals surface area (Å²) in [6.45, 7) is 18.0. The van der Waals surface area contributed by atoms with Gasteiger partial charge in [-0.3, -0.25) is 9.98 Å². The van der Waals surface area contributed by atoms with Gasteiger partial charge in [0.1, 0.15) is 0 Å². The summed E-state index contributed by atoms with van der Waals surface area (Å²) in [5, 5.41) is 0. The van der Waals surface area contributed by atoms with Gasteiger partial charge in [0.15, 0.2) is 0 Å². The zero-order chi connectivity index (χ0) is 34.7. The molecule has 1 aromatic heterocycles. The molecule has 0 N–H and O–H groups in total. The second-order valence-electron chi connectivity index (χ2n) is 13.9. The minimum atomic E-state index is 0. The summed E-state index contributed by atoms with van der Waals surface area (Å²) in [6, 6.07) is 16.2. The summed E-state index contributed by atoms with van der Waals surface area (Å²) in [4.78, 5) is 16.0. The molecule has 291 valence electrons. The van der Waals surface area contributed by atoms with E-state index in [-0.39, 0.29) is 55.8 Å². The molecule has 52 heavy (non-hydrogen) atoms. The van der Waals surface area contributed by atoms with E-state index in [1.807, 2.05) is 0 Å². The minimum Gasteiger partial charge on any atom is -1.00 e. The van der Waals surface area contributed by atoms with E-state index in [1.54, 1.807) is 0 Å². The van der Waals surface area contributed by atoms with Crippen molar-refractivity contribution < 1.29 is 55.8 Å². The van der Waals surface area contributed by atoms with Crippen LogP contribution in [0.1, 0.15) is 177 Å². The number of benzene rings is 2. The van der Waals surface area contributed by atoms with Crippen LogP contribution in [0.15, 0.2) is 52.4 Å². The van der Waals surface area contributed by atoms with Crippen LogP contribution in [-0.4, -0.2) is 16.4 Å². The largest absolute Gasteiger partial charge is 1.00 e. The van der Waals surface area contributed by atoms with Crippen LogP contribution in [0.4, 0.5) is 11.4 Å². The molecule has 1 heterocycles. The van der Waals surface area contributed by atoms with E-state index in [0.717, 1.165) is 61.3 Å². The summed E-state index contributed by atoms with van der Waals surface area (Å²) in [7, 11) is 0. The third-order valence-corrected chi connectivity index (χ3v) is 9.54. The van der Waals surface area contributed by atoms with Crippen LogP contribution in [0.3, 0.4) is 0 Å². The van der Waals surface area contributed by atoms with Crippen molar-refractivity contribution in [2.45, 2.75) is 171 Å². The molecular weight excluding hydrogens is 740 g/mol. The number of aliphatic imine (C=N–C) groups is 2. The van der Waals surface area contributed by atoms with E-state index in [0.29, 0.717) is 0 Å². The summed E-state index contributed by atoms with van der Waals surface area (Å²) in [5.41, 5.74) is 14.8. The van der Waals surface area contributed by atoms with Gasteiger partial charge in [0.2, 0.25) is 0 Å². The molecule has 0 aliphatic carbocycles. The van der Waals surface area contributed by atoms with E-state index in [2.05, 4.69) is 97.9 Å². The third-order valence-electron chi connectivity index (χ3n) is 9.54. The average molecular weight is 807 g/mol. The van der Waals surface area contributed by atoms with Crippen LogP contribution >= 0.6 is 0 Å². The summed E-state index contributed by atoms with van der Waals surface area (Å²) in [5.74, 6) is 0. The Bertz CT molecular complexity index is 1320. The molecule has 0 aliphatic heterocycles. The normalized spacial score (nSPS) is 11.3. The maximum absolute atomic E-state index is 5.38. The molecule has 3 aromatic rings. The van der Waals surface area contributed by atoms with Crippen molar-refractivity contribution in [2.24, 2.45) is 9.98 Å². The fraction of sp³-hybridized carbons (Fsp3) is 0.578. The smallest absolute Gasteiger partial charge is 0.0849 e. The van der Waals surface area contributed by atoms with E-state index in [9.17, 15) is 0 Å². The number of aryl methyl sites for hydroxylation is 6. The Balaban J connectivity index is 0. The van der Waals surface area contributed by atoms with Gasteiger partial charge in [-0.15, -0.1) is 0 Å². The van der Waals surface area contributed by atoms with Crippen molar-refractivity contribution in [3.05, 3.63) is 87.2 Å². The molecular formula is C45H67Cl3N3V-3. The maximum atomic E-state index is 5.38. The molecule has 0 atom stereocenters. The van der Waals surface area contributed by atoms with Gasteiger partial charge in [0.05, 0.1) is 34.2 Å². The van der Waals surface area contributed by atoms with Crippen LogP contribution in [0.25, 0.3) is 0 Å². The fourth-order valence-corrected chi connectivity index (χ4v) is 6.52. The molecule has 1 radical (unpaired) electrons. The van der Waals surface area contributed by atoms with Crippen molar-refractivity contribution in [3.63, 3.8) is 0 Å². The number of hydrogen-bond acceptors (Lipinski definition) is 3. The van der Waals surface area contributed by atoms with E-state index in [1.165, 1.54) is 122 Å². The molecule has 0 saturated heterocycles. The zero-order valence-corrected chi connectivity index (χ0v) is 37.4. The SMILES string of the molecule is CCCCc1cc(CCCC)c(N=C(C)c2cccc(C(C)=Nc3c(CCCC)cc(CCCC)cc3CCCC)n2)c(CCCC)c1.[Cl-].[Cl-].[Cl-].[V]. The Labute approximate surface area is 349 Å². The Morgan fingerprint density at radius 3 is 1.00 bits per heavy atom. The monoisotopic (exact) mass is 805 g/mol. The molecule has 0 fully saturated rings. The first-order valence-electron chi connectivity index (χ1n) is 19.8. The van der Waals surface area contributed by atoms with Gasteiger partial charge in [-0.25, -0.2) is 4.98 Å². The van der Waals surface area contributed by atoms with Gasteiger partial charge in [-0.2, -0.15) is 0 Å². The van der Waals surface area contributed by atoms with Crippen LogP contribution < -0.4 is 37.2 Å². The van der Waals surface area contributed by atoms with Gasteiger partial charge >= 0.3 is 0 Å². The topological polar surface area (TPSA) is 37.6 Å². The summed E-state index contributed by atoms with van der Waals surface area (Å²) >= 11 is 0. The van der Waals surface area contributed by atoms with Crippen molar-refractivity contribution in [3.8, 4) is 0 Å². The Hall–Kier alpha value is -1.62. The molecule has 0 saturated carbocycles. The first-order chi connectivity index (χ1) is 23.4. The van der Waals surface area contributed by atoms with E-state index in [4.69, 9.17) is 15.0 Å². The van der Waals surface area contributed by atoms with Gasteiger partial charge in [0, 0.05) is 18.6 Å². The van der Waals surface area contributed by atoms with Crippen LogP contribution in [0, 0.1) is 0 Å². The second-order valence-corrected chi connectivity index (χ2v) is 13.9. The number of rotatable bonds is 22. The number of nitrogens with zero attached hydrogens (tertiary/aromatic N) is 3. The zero-order valence-electron chi connectivity index (χ0n) is 33.7. The van der Waals surface area contributed by atoms with Gasteiger partial charge in [-0.1, -0.05) is 110 Å². The molecule has 0 bridgehead atoms. The first-order valence-corrected chi connectivity index (χ1v) is 19.8.